The van der Waals surface area contributed by atoms with E-state index in [9.17, 15) is 4.79 Å². The zero-order valence-corrected chi connectivity index (χ0v) is 13.1. The van der Waals surface area contributed by atoms with Crippen molar-refractivity contribution >= 4 is 11.5 Å². The average Bonchev–Trinajstić information content (AvgIpc) is 2.63. The summed E-state index contributed by atoms with van der Waals surface area (Å²) in [6, 6.07) is 27.5. The van der Waals surface area contributed by atoms with Gasteiger partial charge in [0.2, 0.25) is 0 Å². The van der Waals surface area contributed by atoms with E-state index in [2.05, 4.69) is 5.32 Å². The summed E-state index contributed by atoms with van der Waals surface area (Å²) in [5.74, 6) is -0.195. The minimum atomic E-state index is -0.299. The van der Waals surface area contributed by atoms with Crippen LogP contribution in [0.1, 0.15) is 27.4 Å². The molecule has 2 heteroatoms. The largest absolute Gasteiger partial charge is 0.388 e. The highest BCUT2D eigenvalue weighted by atomic mass is 16.1. The molecule has 3 aromatic carbocycles. The van der Waals surface area contributed by atoms with E-state index in [4.69, 9.17) is 0 Å². The number of hydrogen-bond acceptors (Lipinski definition) is 2. The number of ketones is 1. The number of benzene rings is 3. The number of Topliss-reactive ketones (excluding diaryl/α,β-unsaturated/α-hetero) is 1. The highest BCUT2D eigenvalue weighted by Crippen LogP contribution is 2.30. The molecule has 23 heavy (non-hydrogen) atoms. The Bertz CT molecular complexity index is 742. The van der Waals surface area contributed by atoms with Crippen molar-refractivity contribution in [3.05, 3.63) is 102 Å². The monoisotopic (exact) mass is 301 g/mol. The first-order valence-electron chi connectivity index (χ1n) is 7.72. The predicted octanol–water partition coefficient (Wildman–Crippen LogP) is 4.74. The number of rotatable bonds is 5. The lowest BCUT2D eigenvalue weighted by Gasteiger charge is -2.18. The van der Waals surface area contributed by atoms with E-state index in [0.29, 0.717) is 5.56 Å². The third kappa shape index (κ3) is 3.16. The Morgan fingerprint density at radius 3 is 1.74 bits per heavy atom. The SMILES string of the molecule is CNc1ccccc1C(=O)C(c1ccccc1)c1ccccc1. The van der Waals surface area contributed by atoms with Crippen LogP contribution in [0.2, 0.25) is 0 Å². The molecule has 0 unspecified atom stereocenters. The number of carbonyl (C=O) groups excluding carboxylic acids is 1. The highest BCUT2D eigenvalue weighted by molar-refractivity contribution is 6.07. The molecule has 0 atom stereocenters. The summed E-state index contributed by atoms with van der Waals surface area (Å²) >= 11 is 0. The summed E-state index contributed by atoms with van der Waals surface area (Å²) in [6.07, 6.45) is 0. The lowest BCUT2D eigenvalue weighted by molar-refractivity contribution is 0.0974. The summed E-state index contributed by atoms with van der Waals surface area (Å²) < 4.78 is 0. The summed E-state index contributed by atoms with van der Waals surface area (Å²) in [6.45, 7) is 0. The Balaban J connectivity index is 2.11. The lowest BCUT2D eigenvalue weighted by Crippen LogP contribution is -2.16. The van der Waals surface area contributed by atoms with Gasteiger partial charge in [0, 0.05) is 18.3 Å². The molecule has 2 nitrogen and oxygen atoms in total. The predicted molar refractivity (Wildman–Crippen MR) is 95.0 cm³/mol. The van der Waals surface area contributed by atoms with Gasteiger partial charge in [-0.15, -0.1) is 0 Å². The van der Waals surface area contributed by atoms with Crippen molar-refractivity contribution in [3.8, 4) is 0 Å². The summed E-state index contributed by atoms with van der Waals surface area (Å²) in [5.41, 5.74) is 3.59. The van der Waals surface area contributed by atoms with Crippen LogP contribution in [0.4, 0.5) is 5.69 Å². The van der Waals surface area contributed by atoms with Crippen molar-refractivity contribution in [2.75, 3.05) is 12.4 Å². The molecule has 0 spiro atoms. The molecule has 114 valence electrons. The van der Waals surface area contributed by atoms with Crippen LogP contribution < -0.4 is 5.32 Å². The van der Waals surface area contributed by atoms with E-state index in [1.165, 1.54) is 0 Å². The number of anilines is 1. The maximum absolute atomic E-state index is 13.3. The quantitative estimate of drug-likeness (QED) is 0.689. The molecule has 0 aliphatic carbocycles. The Morgan fingerprint density at radius 1 is 0.739 bits per heavy atom. The van der Waals surface area contributed by atoms with Crippen molar-refractivity contribution in [3.63, 3.8) is 0 Å². The molecule has 0 aliphatic heterocycles. The zero-order chi connectivity index (χ0) is 16.1. The van der Waals surface area contributed by atoms with Crippen LogP contribution in [0.5, 0.6) is 0 Å². The topological polar surface area (TPSA) is 29.1 Å². The molecular formula is C21H19NO. The summed E-state index contributed by atoms with van der Waals surface area (Å²) in [5, 5.41) is 3.11. The van der Waals surface area contributed by atoms with Crippen LogP contribution in [0, 0.1) is 0 Å². The Labute approximate surface area is 136 Å². The van der Waals surface area contributed by atoms with Gasteiger partial charge >= 0.3 is 0 Å². The number of hydrogen-bond donors (Lipinski definition) is 1. The molecule has 0 bridgehead atoms. The molecule has 0 saturated heterocycles. The van der Waals surface area contributed by atoms with Crippen molar-refractivity contribution in [1.29, 1.82) is 0 Å². The van der Waals surface area contributed by atoms with Gasteiger partial charge in [-0.3, -0.25) is 4.79 Å². The molecule has 0 aromatic heterocycles. The van der Waals surface area contributed by atoms with E-state index in [1.807, 2.05) is 92.0 Å². The number of nitrogens with one attached hydrogen (secondary N) is 1. The normalized spacial score (nSPS) is 10.5. The Morgan fingerprint density at radius 2 is 1.22 bits per heavy atom. The van der Waals surface area contributed by atoms with Crippen LogP contribution in [0.3, 0.4) is 0 Å². The van der Waals surface area contributed by atoms with E-state index >= 15 is 0 Å². The fourth-order valence-electron chi connectivity index (χ4n) is 2.86. The maximum atomic E-state index is 13.3. The molecule has 0 amide bonds. The molecule has 0 fully saturated rings. The second-order valence-corrected chi connectivity index (χ2v) is 5.41. The van der Waals surface area contributed by atoms with Gasteiger partial charge in [-0.1, -0.05) is 72.8 Å². The Kier molecular flexibility index (Phi) is 4.53. The third-order valence-corrected chi connectivity index (χ3v) is 3.99. The van der Waals surface area contributed by atoms with Crippen molar-refractivity contribution in [2.24, 2.45) is 0 Å². The summed E-state index contributed by atoms with van der Waals surface area (Å²) in [7, 11) is 1.84. The van der Waals surface area contributed by atoms with E-state index < -0.39 is 0 Å². The van der Waals surface area contributed by atoms with E-state index in [-0.39, 0.29) is 11.7 Å². The highest BCUT2D eigenvalue weighted by Gasteiger charge is 2.25. The molecular weight excluding hydrogens is 282 g/mol. The second kappa shape index (κ2) is 6.93. The van der Waals surface area contributed by atoms with Crippen LogP contribution >= 0.6 is 0 Å². The first-order chi connectivity index (χ1) is 11.3. The van der Waals surface area contributed by atoms with Crippen LogP contribution in [0.15, 0.2) is 84.9 Å². The molecule has 0 aliphatic rings. The minimum Gasteiger partial charge on any atom is -0.388 e. The van der Waals surface area contributed by atoms with Gasteiger partial charge in [0.25, 0.3) is 0 Å². The second-order valence-electron chi connectivity index (χ2n) is 5.41. The van der Waals surface area contributed by atoms with Gasteiger partial charge in [0.15, 0.2) is 5.78 Å². The molecule has 3 aromatic rings. The van der Waals surface area contributed by atoms with Gasteiger partial charge in [0.1, 0.15) is 0 Å². The zero-order valence-electron chi connectivity index (χ0n) is 13.1. The van der Waals surface area contributed by atoms with Gasteiger partial charge < -0.3 is 5.32 Å². The molecule has 1 N–H and O–H groups in total. The van der Waals surface area contributed by atoms with Gasteiger partial charge in [-0.2, -0.15) is 0 Å². The van der Waals surface area contributed by atoms with Gasteiger partial charge in [0.05, 0.1) is 5.92 Å². The average molecular weight is 301 g/mol. The van der Waals surface area contributed by atoms with Crippen LogP contribution in [-0.4, -0.2) is 12.8 Å². The van der Waals surface area contributed by atoms with Gasteiger partial charge in [-0.25, -0.2) is 0 Å². The van der Waals surface area contributed by atoms with Crippen molar-refractivity contribution in [2.45, 2.75) is 5.92 Å². The van der Waals surface area contributed by atoms with E-state index in [1.54, 1.807) is 0 Å². The van der Waals surface area contributed by atoms with E-state index in [0.717, 1.165) is 16.8 Å². The minimum absolute atomic E-state index is 0.104. The molecule has 0 saturated carbocycles. The standard InChI is InChI=1S/C21H19NO/c1-22-19-15-9-8-14-18(19)21(23)20(16-10-4-2-5-11-16)17-12-6-3-7-13-17/h2-15,20,22H,1H3. The van der Waals surface area contributed by atoms with Crippen LogP contribution in [-0.2, 0) is 0 Å². The third-order valence-electron chi connectivity index (χ3n) is 3.99. The maximum Gasteiger partial charge on any atom is 0.176 e. The van der Waals surface area contributed by atoms with Crippen molar-refractivity contribution in [1.82, 2.24) is 0 Å². The summed E-state index contributed by atoms with van der Waals surface area (Å²) in [4.78, 5) is 13.3. The van der Waals surface area contributed by atoms with Crippen LogP contribution in [0.25, 0.3) is 0 Å². The number of para-hydroxylation sites is 1. The first-order valence-corrected chi connectivity index (χ1v) is 7.72. The fraction of sp³-hybridized carbons (Fsp3) is 0.0952. The number of carbonyl (C=O) groups is 1. The molecule has 0 heterocycles. The first kappa shape index (κ1) is 15.0. The molecule has 3 rings (SSSR count). The fourth-order valence-corrected chi connectivity index (χ4v) is 2.86. The smallest absolute Gasteiger partial charge is 0.176 e. The van der Waals surface area contributed by atoms with Crippen molar-refractivity contribution < 1.29 is 4.79 Å². The molecule has 0 radical (unpaired) electrons. The Hall–Kier alpha value is -2.87. The van der Waals surface area contributed by atoms with Gasteiger partial charge in [-0.05, 0) is 23.3 Å². The lowest BCUT2D eigenvalue weighted by atomic mass is 9.84.